The summed E-state index contributed by atoms with van der Waals surface area (Å²) < 4.78 is 5.25. The van der Waals surface area contributed by atoms with Gasteiger partial charge in [0.05, 0.1) is 29.1 Å². The van der Waals surface area contributed by atoms with Crippen molar-refractivity contribution in [3.63, 3.8) is 0 Å². The van der Waals surface area contributed by atoms with Crippen LogP contribution in [0.4, 0.5) is 0 Å². The van der Waals surface area contributed by atoms with Crippen LogP contribution in [-0.2, 0) is 6.54 Å². The number of pyridine rings is 2. The third-order valence-electron chi connectivity index (χ3n) is 5.25. The lowest BCUT2D eigenvalue weighted by Gasteiger charge is -2.13. The summed E-state index contributed by atoms with van der Waals surface area (Å²) in [6.07, 6.45) is 4.94. The van der Waals surface area contributed by atoms with Gasteiger partial charge in [0.2, 0.25) is 0 Å². The predicted molar refractivity (Wildman–Crippen MR) is 119 cm³/mol. The molecule has 0 radical (unpaired) electrons. The van der Waals surface area contributed by atoms with Crippen LogP contribution in [0.5, 0.6) is 0 Å². The Balaban J connectivity index is 1.85. The van der Waals surface area contributed by atoms with Crippen LogP contribution in [0.3, 0.4) is 0 Å². The van der Waals surface area contributed by atoms with Crippen LogP contribution in [0, 0.1) is 0 Å². The highest BCUT2D eigenvalue weighted by Crippen LogP contribution is 2.35. The highest BCUT2D eigenvalue weighted by atomic mass is 16.3. The molecule has 0 amide bonds. The second-order valence-corrected chi connectivity index (χ2v) is 7.09. The molecule has 0 unspecified atom stereocenters. The first-order chi connectivity index (χ1) is 14.7. The lowest BCUT2D eigenvalue weighted by Crippen LogP contribution is -2.08. The Kier molecular flexibility index (Phi) is 4.50. The van der Waals surface area contributed by atoms with Gasteiger partial charge in [-0.15, -0.1) is 0 Å². The molecule has 3 N–H and O–H groups in total. The lowest BCUT2D eigenvalue weighted by atomic mass is 9.96. The fourth-order valence-electron chi connectivity index (χ4n) is 3.67. The number of aromatic nitrogens is 2. The van der Waals surface area contributed by atoms with Gasteiger partial charge in [-0.25, -0.2) is 4.98 Å². The molecule has 5 aromatic rings. The number of rotatable bonds is 4. The van der Waals surface area contributed by atoms with Gasteiger partial charge < -0.3 is 15.1 Å². The minimum Gasteiger partial charge on any atom is -0.472 e. The molecule has 2 aromatic carbocycles. The molecule has 30 heavy (non-hydrogen) atoms. The van der Waals surface area contributed by atoms with Crippen LogP contribution in [0.1, 0.15) is 5.56 Å². The summed E-state index contributed by atoms with van der Waals surface area (Å²) in [6, 6.07) is 21.8. The van der Waals surface area contributed by atoms with Crippen molar-refractivity contribution in [2.75, 3.05) is 0 Å². The Morgan fingerprint density at radius 1 is 0.900 bits per heavy atom. The fourth-order valence-corrected chi connectivity index (χ4v) is 3.67. The van der Waals surface area contributed by atoms with Gasteiger partial charge in [0.25, 0.3) is 5.56 Å². The Bertz CT molecular complexity index is 1370. The van der Waals surface area contributed by atoms with E-state index < -0.39 is 0 Å². The average Bonchev–Trinajstić information content (AvgIpc) is 3.34. The topological polar surface area (TPSA) is 84.9 Å². The third-order valence-corrected chi connectivity index (χ3v) is 5.25. The van der Waals surface area contributed by atoms with Crippen molar-refractivity contribution in [3.8, 4) is 33.5 Å². The van der Waals surface area contributed by atoms with E-state index in [-0.39, 0.29) is 5.56 Å². The quantitative estimate of drug-likeness (QED) is 0.451. The van der Waals surface area contributed by atoms with Crippen LogP contribution in [0.25, 0.3) is 44.4 Å². The van der Waals surface area contributed by atoms with Crippen molar-refractivity contribution in [2.24, 2.45) is 5.73 Å². The van der Waals surface area contributed by atoms with Crippen molar-refractivity contribution in [3.05, 3.63) is 101 Å². The van der Waals surface area contributed by atoms with Crippen molar-refractivity contribution in [1.82, 2.24) is 9.97 Å². The minimum atomic E-state index is -0.174. The zero-order valence-corrected chi connectivity index (χ0v) is 16.1. The van der Waals surface area contributed by atoms with E-state index in [0.29, 0.717) is 17.4 Å². The van der Waals surface area contributed by atoms with Gasteiger partial charge >= 0.3 is 0 Å². The Labute approximate surface area is 172 Å². The maximum absolute atomic E-state index is 12.7. The number of aromatic amines is 1. The SMILES string of the molecule is NCc1ccc(-c2nc3c(-c4ccoc4)c[nH]c(=O)c3cc2-c2ccccc2)cc1. The summed E-state index contributed by atoms with van der Waals surface area (Å²) in [4.78, 5) is 20.5. The molecule has 0 aliphatic carbocycles. The monoisotopic (exact) mass is 393 g/mol. The maximum Gasteiger partial charge on any atom is 0.257 e. The minimum absolute atomic E-state index is 0.174. The Hall–Kier alpha value is -3.96. The molecule has 0 fully saturated rings. The highest BCUT2D eigenvalue weighted by molar-refractivity contribution is 5.98. The van der Waals surface area contributed by atoms with Crippen molar-refractivity contribution < 1.29 is 4.42 Å². The number of nitrogens with one attached hydrogen (secondary N) is 1. The number of furan rings is 1. The fraction of sp³-hybridized carbons (Fsp3) is 0.0400. The third kappa shape index (κ3) is 3.11. The highest BCUT2D eigenvalue weighted by Gasteiger charge is 2.16. The van der Waals surface area contributed by atoms with Crippen molar-refractivity contribution >= 4 is 10.9 Å². The molecule has 3 heterocycles. The Morgan fingerprint density at radius 2 is 1.70 bits per heavy atom. The first-order valence-corrected chi connectivity index (χ1v) is 9.68. The van der Waals surface area contributed by atoms with Crippen LogP contribution in [0.2, 0.25) is 0 Å². The lowest BCUT2D eigenvalue weighted by molar-refractivity contribution is 0.568. The van der Waals surface area contributed by atoms with E-state index in [4.69, 9.17) is 15.1 Å². The summed E-state index contributed by atoms with van der Waals surface area (Å²) in [6.45, 7) is 0.483. The number of benzene rings is 2. The van der Waals surface area contributed by atoms with Crippen molar-refractivity contribution in [2.45, 2.75) is 6.54 Å². The van der Waals surface area contributed by atoms with Crippen LogP contribution < -0.4 is 11.3 Å². The van der Waals surface area contributed by atoms with Crippen LogP contribution in [-0.4, -0.2) is 9.97 Å². The number of nitrogens with zero attached hydrogens (tertiary/aromatic N) is 1. The molecule has 5 nitrogen and oxygen atoms in total. The zero-order chi connectivity index (χ0) is 20.5. The molecule has 0 saturated carbocycles. The molecule has 146 valence electrons. The zero-order valence-electron chi connectivity index (χ0n) is 16.1. The molecule has 0 aliphatic heterocycles. The van der Waals surface area contributed by atoms with Gasteiger partial charge in [-0.05, 0) is 23.3 Å². The number of fused-ring (bicyclic) bond motifs is 1. The summed E-state index contributed by atoms with van der Waals surface area (Å²) in [7, 11) is 0. The van der Waals surface area contributed by atoms with Gasteiger partial charge in [0.15, 0.2) is 0 Å². The van der Waals surface area contributed by atoms with E-state index in [1.54, 1.807) is 18.7 Å². The molecular formula is C25H19N3O2. The van der Waals surface area contributed by atoms with E-state index in [0.717, 1.165) is 39.1 Å². The van der Waals surface area contributed by atoms with Gasteiger partial charge in [0.1, 0.15) is 0 Å². The van der Waals surface area contributed by atoms with Gasteiger partial charge in [-0.1, -0.05) is 54.6 Å². The molecule has 0 spiro atoms. The van der Waals surface area contributed by atoms with Crippen LogP contribution >= 0.6 is 0 Å². The largest absolute Gasteiger partial charge is 0.472 e. The first-order valence-electron chi connectivity index (χ1n) is 9.68. The molecule has 0 bridgehead atoms. The molecular weight excluding hydrogens is 374 g/mol. The van der Waals surface area contributed by atoms with Crippen molar-refractivity contribution in [1.29, 1.82) is 0 Å². The van der Waals surface area contributed by atoms with Gasteiger partial charge in [-0.2, -0.15) is 0 Å². The molecule has 0 aliphatic rings. The van der Waals surface area contributed by atoms with Gasteiger partial charge in [-0.3, -0.25) is 4.79 Å². The van der Waals surface area contributed by atoms with E-state index in [1.165, 1.54) is 0 Å². The molecule has 0 saturated heterocycles. The smallest absolute Gasteiger partial charge is 0.257 e. The number of hydrogen-bond donors (Lipinski definition) is 2. The molecule has 5 rings (SSSR count). The second-order valence-electron chi connectivity index (χ2n) is 7.09. The molecule has 0 atom stereocenters. The second kappa shape index (κ2) is 7.46. The summed E-state index contributed by atoms with van der Waals surface area (Å²) in [5, 5.41) is 0.537. The normalized spacial score (nSPS) is 11.1. The number of nitrogens with two attached hydrogens (primary N) is 1. The standard InChI is InChI=1S/C25H19N3O2/c26-13-16-6-8-18(9-7-16)23-20(17-4-2-1-3-5-17)12-21-24(28-23)22(14-27-25(21)29)19-10-11-30-15-19/h1-12,14-15H,13,26H2,(H,27,29). The van der Waals surface area contributed by atoms with E-state index in [9.17, 15) is 4.79 Å². The summed E-state index contributed by atoms with van der Waals surface area (Å²) in [5.41, 5.74) is 12.6. The maximum atomic E-state index is 12.7. The van der Waals surface area contributed by atoms with E-state index in [1.807, 2.05) is 66.7 Å². The van der Waals surface area contributed by atoms with E-state index in [2.05, 4.69) is 4.98 Å². The van der Waals surface area contributed by atoms with Gasteiger partial charge in [0, 0.05) is 35.0 Å². The number of hydrogen-bond acceptors (Lipinski definition) is 4. The average molecular weight is 393 g/mol. The predicted octanol–water partition coefficient (Wildman–Crippen LogP) is 4.98. The number of H-pyrrole nitrogens is 1. The summed E-state index contributed by atoms with van der Waals surface area (Å²) in [5.74, 6) is 0. The molecule has 5 heteroatoms. The van der Waals surface area contributed by atoms with Crippen LogP contribution in [0.15, 0.2) is 94.7 Å². The van der Waals surface area contributed by atoms with E-state index >= 15 is 0 Å². The Morgan fingerprint density at radius 3 is 2.40 bits per heavy atom. The summed E-state index contributed by atoms with van der Waals surface area (Å²) >= 11 is 0. The first kappa shape index (κ1) is 18.1. The molecule has 3 aromatic heterocycles.